The Morgan fingerprint density at radius 1 is 1.03 bits per heavy atom. The summed E-state index contributed by atoms with van der Waals surface area (Å²) in [5, 5.41) is 13.4. The number of rotatable bonds is 12. The van der Waals surface area contributed by atoms with Crippen molar-refractivity contribution in [3.05, 3.63) is 64.7 Å². The van der Waals surface area contributed by atoms with E-state index < -0.39 is 24.7 Å². The van der Waals surface area contributed by atoms with Gasteiger partial charge >= 0.3 is 13.7 Å². The molecule has 10 heteroatoms. The minimum absolute atomic E-state index is 0.0787. The number of nitrogens with zero attached hydrogens (tertiary/aromatic N) is 1. The van der Waals surface area contributed by atoms with Crippen LogP contribution in [0.15, 0.2) is 54.6 Å². The summed E-state index contributed by atoms with van der Waals surface area (Å²) in [6, 6.07) is 12.4. The number of ether oxygens (including phenoxy) is 1. The van der Waals surface area contributed by atoms with Crippen molar-refractivity contribution in [3.63, 3.8) is 0 Å². The molecule has 1 unspecified atom stereocenters. The Labute approximate surface area is 181 Å². The number of nitro benzene ring substituents is 1. The lowest BCUT2D eigenvalue weighted by atomic mass is 10.1. The molecule has 31 heavy (non-hydrogen) atoms. The van der Waals surface area contributed by atoms with E-state index in [1.807, 2.05) is 13.8 Å². The van der Waals surface area contributed by atoms with E-state index in [4.69, 9.17) is 13.8 Å². The fourth-order valence-electron chi connectivity index (χ4n) is 2.60. The van der Waals surface area contributed by atoms with Gasteiger partial charge in [-0.05, 0) is 37.1 Å². The van der Waals surface area contributed by atoms with E-state index in [1.54, 1.807) is 30.3 Å². The first-order valence-corrected chi connectivity index (χ1v) is 11.5. The van der Waals surface area contributed by atoms with Gasteiger partial charge in [0.25, 0.3) is 5.69 Å². The van der Waals surface area contributed by atoms with Gasteiger partial charge in [-0.3, -0.25) is 14.9 Å². The molecule has 0 aliphatic rings. The Morgan fingerprint density at radius 3 is 2.10 bits per heavy atom. The summed E-state index contributed by atoms with van der Waals surface area (Å²) in [7, 11) is -4.09. The van der Waals surface area contributed by atoms with Gasteiger partial charge in [0.05, 0.1) is 11.5 Å². The molecule has 0 aliphatic carbocycles. The summed E-state index contributed by atoms with van der Waals surface area (Å²) in [4.78, 5) is 22.7. The van der Waals surface area contributed by atoms with Crippen LogP contribution in [0, 0.1) is 16.0 Å². The third kappa shape index (κ3) is 7.70. The smallest absolute Gasteiger partial charge is 0.464 e. The van der Waals surface area contributed by atoms with Crippen LogP contribution in [0.4, 0.5) is 5.69 Å². The fraction of sp³-hybridized carbons (Fsp3) is 0.381. The molecule has 2 aromatic carbocycles. The van der Waals surface area contributed by atoms with Gasteiger partial charge in [0.2, 0.25) is 0 Å². The maximum atomic E-state index is 13.4. The van der Waals surface area contributed by atoms with Gasteiger partial charge < -0.3 is 13.8 Å². The topological polar surface area (TPSA) is 117 Å². The Bertz CT molecular complexity index is 902. The lowest BCUT2D eigenvalue weighted by Gasteiger charge is -2.23. The van der Waals surface area contributed by atoms with E-state index in [2.05, 4.69) is 5.09 Å². The molecule has 0 aromatic heterocycles. The number of esters is 1. The number of nitrogens with one attached hydrogen (secondary N) is 1. The lowest BCUT2D eigenvalue weighted by Crippen LogP contribution is -2.36. The molecule has 9 nitrogen and oxygen atoms in total. The van der Waals surface area contributed by atoms with Gasteiger partial charge in [0, 0.05) is 12.1 Å². The number of benzene rings is 2. The number of hydrogen-bond donors (Lipinski definition) is 1. The minimum atomic E-state index is -4.09. The summed E-state index contributed by atoms with van der Waals surface area (Å²) in [5.74, 6) is 0.00349. The Hall–Kier alpha value is -2.90. The molecule has 0 aliphatic heterocycles. The quantitative estimate of drug-likeness (QED) is 0.205. The van der Waals surface area contributed by atoms with Crippen LogP contribution in [0.1, 0.15) is 33.6 Å². The predicted octanol–water partition coefficient (Wildman–Crippen LogP) is 5.12. The van der Waals surface area contributed by atoms with E-state index in [0.29, 0.717) is 0 Å². The third-order valence-electron chi connectivity index (χ3n) is 4.56. The molecule has 1 N–H and O–H groups in total. The standard InChI is InChI=1S/C21H27N2O7P/c1-4-17(5-2)15-28-21(24)16(3)22-31(27,29-19-9-7-6-8-10-19)30-20-13-11-18(12-14-20)23(25)26/h6-14,16-17H,4-5,15H2,1-3H3,(H,22,27)/t16?,31-/m1/s1. The highest BCUT2D eigenvalue weighted by Crippen LogP contribution is 2.45. The van der Waals surface area contributed by atoms with Crippen LogP contribution in [0.5, 0.6) is 11.5 Å². The number of non-ortho nitro benzene ring substituents is 1. The fourth-order valence-corrected chi connectivity index (χ4v) is 4.12. The molecule has 2 aromatic rings. The van der Waals surface area contributed by atoms with Crippen LogP contribution in [0.2, 0.25) is 0 Å². The molecule has 2 rings (SSSR count). The largest absolute Gasteiger partial charge is 0.513 e. The molecule has 0 heterocycles. The molecule has 0 saturated carbocycles. The van der Waals surface area contributed by atoms with Crippen molar-refractivity contribution >= 4 is 19.4 Å². The minimum Gasteiger partial charge on any atom is -0.464 e. The van der Waals surface area contributed by atoms with Gasteiger partial charge in [-0.1, -0.05) is 44.9 Å². The van der Waals surface area contributed by atoms with Crippen molar-refractivity contribution < 1.29 is 28.1 Å². The van der Waals surface area contributed by atoms with Crippen LogP contribution >= 0.6 is 7.75 Å². The first-order valence-electron chi connectivity index (χ1n) is 9.99. The van der Waals surface area contributed by atoms with Gasteiger partial charge in [0.15, 0.2) is 0 Å². The molecule has 0 fully saturated rings. The number of nitro groups is 1. The third-order valence-corrected chi connectivity index (χ3v) is 6.17. The normalized spacial score (nSPS) is 13.8. The van der Waals surface area contributed by atoms with Crippen molar-refractivity contribution in [1.82, 2.24) is 5.09 Å². The molecular formula is C21H27N2O7P. The number of carbonyl (C=O) groups is 1. The van der Waals surface area contributed by atoms with Crippen LogP contribution in [0.3, 0.4) is 0 Å². The van der Waals surface area contributed by atoms with Crippen molar-refractivity contribution in [2.75, 3.05) is 6.61 Å². The first kappa shape index (κ1) is 24.4. The number of carbonyl (C=O) groups excluding carboxylic acids is 1. The summed E-state index contributed by atoms with van der Waals surface area (Å²) < 4.78 is 29.8. The maximum Gasteiger partial charge on any atom is 0.513 e. The zero-order chi connectivity index (χ0) is 22.9. The zero-order valence-corrected chi connectivity index (χ0v) is 18.6. The van der Waals surface area contributed by atoms with Crippen molar-refractivity contribution in [2.45, 2.75) is 39.7 Å². The average molecular weight is 450 g/mol. The van der Waals surface area contributed by atoms with Gasteiger partial charge in [-0.2, -0.15) is 5.09 Å². The molecule has 0 amide bonds. The Morgan fingerprint density at radius 2 is 1.58 bits per heavy atom. The predicted molar refractivity (Wildman–Crippen MR) is 116 cm³/mol. The van der Waals surface area contributed by atoms with E-state index in [-0.39, 0.29) is 29.7 Å². The van der Waals surface area contributed by atoms with Crippen LogP contribution in [-0.4, -0.2) is 23.5 Å². The summed E-state index contributed by atoms with van der Waals surface area (Å²) in [5.41, 5.74) is -0.141. The molecule has 0 radical (unpaired) electrons. The lowest BCUT2D eigenvalue weighted by molar-refractivity contribution is -0.384. The van der Waals surface area contributed by atoms with Crippen molar-refractivity contribution in [2.24, 2.45) is 5.92 Å². The maximum absolute atomic E-state index is 13.4. The molecule has 0 spiro atoms. The zero-order valence-electron chi connectivity index (χ0n) is 17.7. The molecule has 0 saturated heterocycles. The van der Waals surface area contributed by atoms with E-state index >= 15 is 0 Å². The summed E-state index contributed by atoms with van der Waals surface area (Å²) in [6.07, 6.45) is 1.76. The Kier molecular flexibility index (Phi) is 9.03. The van der Waals surface area contributed by atoms with Crippen LogP contribution in [0.25, 0.3) is 0 Å². The van der Waals surface area contributed by atoms with Gasteiger partial charge in [-0.25, -0.2) is 4.57 Å². The van der Waals surface area contributed by atoms with Crippen LogP contribution in [-0.2, 0) is 14.1 Å². The molecule has 0 bridgehead atoms. The number of hydrogen-bond acceptors (Lipinski definition) is 7. The first-order chi connectivity index (χ1) is 14.8. The highest BCUT2D eigenvalue weighted by molar-refractivity contribution is 7.52. The molecule has 168 valence electrons. The monoisotopic (exact) mass is 450 g/mol. The second-order valence-electron chi connectivity index (χ2n) is 6.91. The summed E-state index contributed by atoms with van der Waals surface area (Å²) >= 11 is 0. The van der Waals surface area contributed by atoms with Crippen molar-refractivity contribution in [1.29, 1.82) is 0 Å². The van der Waals surface area contributed by atoms with E-state index in [1.165, 1.54) is 31.2 Å². The van der Waals surface area contributed by atoms with Crippen molar-refractivity contribution in [3.8, 4) is 11.5 Å². The summed E-state index contributed by atoms with van der Waals surface area (Å²) in [6.45, 7) is 5.80. The second-order valence-corrected chi connectivity index (χ2v) is 8.53. The van der Waals surface area contributed by atoms with Crippen LogP contribution < -0.4 is 14.1 Å². The molecular weight excluding hydrogens is 423 g/mol. The van der Waals surface area contributed by atoms with E-state index in [0.717, 1.165) is 12.8 Å². The SMILES string of the molecule is CCC(CC)COC(=O)C(C)N[P@@](=O)(Oc1ccccc1)Oc1ccc([N+](=O)[O-])cc1. The second kappa shape index (κ2) is 11.5. The average Bonchev–Trinajstić information content (AvgIpc) is 2.75. The Balaban J connectivity index is 2.16. The number of para-hydroxylation sites is 1. The van der Waals surface area contributed by atoms with Gasteiger partial charge in [-0.15, -0.1) is 0 Å². The highest BCUT2D eigenvalue weighted by atomic mass is 31.2. The van der Waals surface area contributed by atoms with E-state index in [9.17, 15) is 19.5 Å². The van der Waals surface area contributed by atoms with Gasteiger partial charge in [0.1, 0.15) is 17.5 Å². The molecule has 2 atom stereocenters. The highest BCUT2D eigenvalue weighted by Gasteiger charge is 2.34.